The van der Waals surface area contributed by atoms with Gasteiger partial charge in [0.25, 0.3) is 5.56 Å². The zero-order valence-corrected chi connectivity index (χ0v) is 9.53. The lowest BCUT2D eigenvalue weighted by Crippen LogP contribution is -2.32. The number of fused-ring (bicyclic) bond motifs is 1. The number of hydrogen-bond donors (Lipinski definition) is 3. The van der Waals surface area contributed by atoms with E-state index in [4.69, 9.17) is 5.73 Å². The number of nitrogens with zero attached hydrogens (tertiary/aromatic N) is 3. The van der Waals surface area contributed by atoms with Gasteiger partial charge in [-0.1, -0.05) is 0 Å². The second kappa shape index (κ2) is 3.30. The number of anilines is 1. The van der Waals surface area contributed by atoms with Crippen molar-refractivity contribution >= 4 is 17.1 Å². The average molecular weight is 234 g/mol. The molecule has 1 aliphatic carbocycles. The number of aromatic amines is 1. The number of hydrogen-bond acceptors (Lipinski definition) is 5. The molecule has 17 heavy (non-hydrogen) atoms. The molecule has 1 aliphatic rings. The first kappa shape index (κ1) is 10.3. The van der Waals surface area contributed by atoms with E-state index in [0.29, 0.717) is 11.2 Å². The number of nitrogens with one attached hydrogen (secondary N) is 2. The maximum Gasteiger partial charge on any atom is 0.280 e. The normalized spacial score (nSPS) is 17.5. The number of likely N-dealkylation sites (N-methyl/N-ethyl adjacent to an activating group) is 1. The summed E-state index contributed by atoms with van der Waals surface area (Å²) in [5.74, 6) is 0.124. The largest absolute Gasteiger partial charge is 0.369 e. The van der Waals surface area contributed by atoms with Gasteiger partial charge in [-0.2, -0.15) is 4.98 Å². The van der Waals surface area contributed by atoms with Gasteiger partial charge in [0.2, 0.25) is 5.95 Å². The molecule has 3 rings (SSSR count). The van der Waals surface area contributed by atoms with Gasteiger partial charge in [0.15, 0.2) is 11.2 Å². The van der Waals surface area contributed by atoms with Crippen molar-refractivity contribution in [3.8, 4) is 0 Å². The molecule has 7 nitrogen and oxygen atoms in total. The van der Waals surface area contributed by atoms with Crippen molar-refractivity contribution in [2.75, 3.05) is 12.8 Å². The molecule has 0 aromatic carbocycles. The summed E-state index contributed by atoms with van der Waals surface area (Å²) in [4.78, 5) is 22.3. The van der Waals surface area contributed by atoms with E-state index in [-0.39, 0.29) is 17.0 Å². The molecule has 2 aromatic heterocycles. The zero-order chi connectivity index (χ0) is 12.0. The highest BCUT2D eigenvalue weighted by molar-refractivity contribution is 5.70. The molecule has 1 saturated carbocycles. The molecule has 0 bridgehead atoms. The van der Waals surface area contributed by atoms with Gasteiger partial charge in [0.1, 0.15) is 0 Å². The minimum atomic E-state index is -0.291. The van der Waals surface area contributed by atoms with E-state index in [0.717, 1.165) is 19.4 Å². The molecule has 0 spiro atoms. The van der Waals surface area contributed by atoms with Gasteiger partial charge < -0.3 is 15.6 Å². The maximum atomic E-state index is 11.6. The van der Waals surface area contributed by atoms with Crippen LogP contribution in [0.4, 0.5) is 5.95 Å². The molecule has 0 unspecified atom stereocenters. The van der Waals surface area contributed by atoms with Gasteiger partial charge in [-0.15, -0.1) is 0 Å². The summed E-state index contributed by atoms with van der Waals surface area (Å²) in [7, 11) is 1.95. The number of imidazole rings is 1. The van der Waals surface area contributed by atoms with Crippen LogP contribution in [0.15, 0.2) is 11.1 Å². The van der Waals surface area contributed by atoms with Gasteiger partial charge in [-0.3, -0.25) is 9.78 Å². The first-order chi connectivity index (χ1) is 8.13. The molecule has 0 radical (unpaired) electrons. The third-order valence-corrected chi connectivity index (χ3v) is 3.35. The maximum absolute atomic E-state index is 11.6. The highest BCUT2D eigenvalue weighted by atomic mass is 16.1. The summed E-state index contributed by atoms with van der Waals surface area (Å²) in [5, 5.41) is 3.29. The van der Waals surface area contributed by atoms with E-state index in [2.05, 4.69) is 20.3 Å². The summed E-state index contributed by atoms with van der Waals surface area (Å²) in [5.41, 5.74) is 6.27. The van der Waals surface area contributed by atoms with Crippen molar-refractivity contribution in [3.05, 3.63) is 16.7 Å². The lowest BCUT2D eigenvalue weighted by atomic mass is 10.3. The Bertz CT molecular complexity index is 623. The van der Waals surface area contributed by atoms with E-state index in [1.54, 1.807) is 6.33 Å². The van der Waals surface area contributed by atoms with Crippen molar-refractivity contribution in [1.82, 2.24) is 24.8 Å². The predicted molar refractivity (Wildman–Crippen MR) is 63.6 cm³/mol. The van der Waals surface area contributed by atoms with Gasteiger partial charge in [-0.25, -0.2) is 4.98 Å². The standard InChI is InChI=1S/C10H14N6O/c1-12-10(2-3-10)4-16-5-13-6-7(16)14-9(11)15-8(6)17/h5,12H,2-4H2,1H3,(H3,11,14,15,17). The van der Waals surface area contributed by atoms with Gasteiger partial charge >= 0.3 is 0 Å². The molecule has 0 aliphatic heterocycles. The molecule has 2 aromatic rings. The monoisotopic (exact) mass is 234 g/mol. The molecular formula is C10H14N6O. The van der Waals surface area contributed by atoms with Crippen LogP contribution in [0.3, 0.4) is 0 Å². The number of rotatable bonds is 3. The van der Waals surface area contributed by atoms with Crippen LogP contribution in [0.2, 0.25) is 0 Å². The summed E-state index contributed by atoms with van der Waals surface area (Å²) in [6.45, 7) is 0.760. The smallest absolute Gasteiger partial charge is 0.280 e. The number of aromatic nitrogens is 4. The molecule has 7 heteroatoms. The first-order valence-electron chi connectivity index (χ1n) is 5.53. The lowest BCUT2D eigenvalue weighted by Gasteiger charge is -2.14. The summed E-state index contributed by atoms with van der Waals surface area (Å²) in [6.07, 6.45) is 3.90. The Morgan fingerprint density at radius 1 is 1.65 bits per heavy atom. The quantitative estimate of drug-likeness (QED) is 0.661. The second-order valence-electron chi connectivity index (χ2n) is 4.53. The molecule has 2 heterocycles. The van der Waals surface area contributed by atoms with Crippen LogP contribution in [0.5, 0.6) is 0 Å². The summed E-state index contributed by atoms with van der Waals surface area (Å²) in [6, 6.07) is 0. The van der Waals surface area contributed by atoms with E-state index < -0.39 is 0 Å². The van der Waals surface area contributed by atoms with Crippen LogP contribution >= 0.6 is 0 Å². The van der Waals surface area contributed by atoms with Crippen LogP contribution in [0, 0.1) is 0 Å². The zero-order valence-electron chi connectivity index (χ0n) is 9.53. The van der Waals surface area contributed by atoms with E-state index in [9.17, 15) is 4.79 Å². The number of H-pyrrole nitrogens is 1. The SMILES string of the molecule is CNC1(Cn2cnc3c(=O)[nH]c(N)nc32)CC1. The number of nitrogens with two attached hydrogens (primary N) is 1. The Balaban J connectivity index is 2.09. The molecule has 90 valence electrons. The topological polar surface area (TPSA) is 102 Å². The summed E-state index contributed by atoms with van der Waals surface area (Å²) < 4.78 is 1.88. The van der Waals surface area contributed by atoms with E-state index in [1.165, 1.54) is 0 Å². The average Bonchev–Trinajstić information content (AvgIpc) is 2.95. The van der Waals surface area contributed by atoms with E-state index >= 15 is 0 Å². The van der Waals surface area contributed by atoms with Gasteiger partial charge in [0.05, 0.1) is 6.33 Å². The molecular weight excluding hydrogens is 220 g/mol. The molecule has 0 amide bonds. The third-order valence-electron chi connectivity index (χ3n) is 3.35. The Morgan fingerprint density at radius 3 is 3.06 bits per heavy atom. The fraction of sp³-hybridized carbons (Fsp3) is 0.500. The molecule has 0 atom stereocenters. The van der Waals surface area contributed by atoms with Crippen LogP contribution < -0.4 is 16.6 Å². The minimum Gasteiger partial charge on any atom is -0.369 e. The van der Waals surface area contributed by atoms with Crippen molar-refractivity contribution in [3.63, 3.8) is 0 Å². The van der Waals surface area contributed by atoms with E-state index in [1.807, 2.05) is 11.6 Å². The second-order valence-corrected chi connectivity index (χ2v) is 4.53. The van der Waals surface area contributed by atoms with Crippen molar-refractivity contribution in [2.24, 2.45) is 0 Å². The number of nitrogen functional groups attached to an aromatic ring is 1. The highest BCUT2D eigenvalue weighted by Crippen LogP contribution is 2.36. The summed E-state index contributed by atoms with van der Waals surface area (Å²) >= 11 is 0. The Hall–Kier alpha value is -1.89. The minimum absolute atomic E-state index is 0.124. The van der Waals surface area contributed by atoms with Crippen LogP contribution in [0.1, 0.15) is 12.8 Å². The Labute approximate surface area is 97.1 Å². The van der Waals surface area contributed by atoms with Crippen molar-refractivity contribution in [2.45, 2.75) is 24.9 Å². The Kier molecular flexibility index (Phi) is 1.99. The fourth-order valence-electron chi connectivity index (χ4n) is 2.05. The third kappa shape index (κ3) is 1.59. The highest BCUT2D eigenvalue weighted by Gasteiger charge is 2.41. The first-order valence-corrected chi connectivity index (χ1v) is 5.53. The molecule has 0 saturated heterocycles. The lowest BCUT2D eigenvalue weighted by molar-refractivity contribution is 0.470. The Morgan fingerprint density at radius 2 is 2.41 bits per heavy atom. The van der Waals surface area contributed by atoms with Crippen LogP contribution in [-0.4, -0.2) is 32.1 Å². The molecule has 4 N–H and O–H groups in total. The molecule has 1 fully saturated rings. The van der Waals surface area contributed by atoms with Gasteiger partial charge in [-0.05, 0) is 19.9 Å². The van der Waals surface area contributed by atoms with Gasteiger partial charge in [0, 0.05) is 12.1 Å². The predicted octanol–water partition coefficient (Wildman–Crippen LogP) is -0.546. The van der Waals surface area contributed by atoms with Crippen LogP contribution in [0.25, 0.3) is 11.2 Å². The van der Waals surface area contributed by atoms with Crippen LogP contribution in [-0.2, 0) is 6.54 Å². The van der Waals surface area contributed by atoms with Crippen molar-refractivity contribution in [1.29, 1.82) is 0 Å². The fourth-order valence-corrected chi connectivity index (χ4v) is 2.05. The van der Waals surface area contributed by atoms with Crippen molar-refractivity contribution < 1.29 is 0 Å².